The third kappa shape index (κ3) is 3.48. The number of aromatic nitrogens is 1. The Hall–Kier alpha value is -2.05. The standard InChI is InChI=1S/C15H12Cl2FN3O2/c16-12-5-9(18)6-13(17)11(12)8-23-10-1-2-14(20-7-10)21-4-3-19-15(21)22/h1-2,5-7H,3-4,8H2,(H,19,22). The first kappa shape index (κ1) is 15.8. The maximum atomic E-state index is 13.1. The minimum atomic E-state index is -0.501. The van der Waals surface area contributed by atoms with Crippen LogP contribution in [0.5, 0.6) is 5.75 Å². The molecule has 0 bridgehead atoms. The van der Waals surface area contributed by atoms with Gasteiger partial charge >= 0.3 is 6.03 Å². The van der Waals surface area contributed by atoms with Gasteiger partial charge in [-0.3, -0.25) is 4.90 Å². The van der Waals surface area contributed by atoms with Crippen molar-refractivity contribution < 1.29 is 13.9 Å². The molecule has 2 heterocycles. The minimum absolute atomic E-state index is 0.0865. The minimum Gasteiger partial charge on any atom is -0.487 e. The summed E-state index contributed by atoms with van der Waals surface area (Å²) in [5, 5.41) is 3.11. The van der Waals surface area contributed by atoms with Crippen LogP contribution in [0.25, 0.3) is 0 Å². The van der Waals surface area contributed by atoms with E-state index in [0.717, 1.165) is 0 Å². The van der Waals surface area contributed by atoms with Crippen LogP contribution in [0.3, 0.4) is 0 Å². The van der Waals surface area contributed by atoms with Gasteiger partial charge in [0.15, 0.2) is 0 Å². The van der Waals surface area contributed by atoms with E-state index < -0.39 is 5.82 Å². The Labute approximate surface area is 142 Å². The average Bonchev–Trinajstić information content (AvgIpc) is 2.93. The van der Waals surface area contributed by atoms with Crippen molar-refractivity contribution in [2.45, 2.75) is 6.61 Å². The fourth-order valence-electron chi connectivity index (χ4n) is 2.17. The first-order valence-corrected chi connectivity index (χ1v) is 7.58. The van der Waals surface area contributed by atoms with Crippen LogP contribution < -0.4 is 15.0 Å². The van der Waals surface area contributed by atoms with E-state index in [2.05, 4.69) is 10.3 Å². The second-order valence-electron chi connectivity index (χ2n) is 4.87. The lowest BCUT2D eigenvalue weighted by molar-refractivity contribution is 0.252. The van der Waals surface area contributed by atoms with Crippen molar-refractivity contribution in [3.05, 3.63) is 51.9 Å². The molecule has 3 rings (SSSR count). The molecule has 1 aliphatic rings. The van der Waals surface area contributed by atoms with E-state index in [0.29, 0.717) is 30.2 Å². The lowest BCUT2D eigenvalue weighted by atomic mass is 10.2. The van der Waals surface area contributed by atoms with Crippen molar-refractivity contribution in [1.29, 1.82) is 0 Å². The van der Waals surface area contributed by atoms with Gasteiger partial charge in [-0.1, -0.05) is 23.2 Å². The lowest BCUT2D eigenvalue weighted by Crippen LogP contribution is -2.28. The highest BCUT2D eigenvalue weighted by molar-refractivity contribution is 6.36. The molecule has 0 unspecified atom stereocenters. The van der Waals surface area contributed by atoms with Crippen LogP contribution >= 0.6 is 23.2 Å². The number of benzene rings is 1. The molecule has 1 N–H and O–H groups in total. The average molecular weight is 356 g/mol. The maximum Gasteiger partial charge on any atom is 0.323 e. The topological polar surface area (TPSA) is 54.5 Å². The van der Waals surface area contributed by atoms with E-state index in [9.17, 15) is 9.18 Å². The van der Waals surface area contributed by atoms with Gasteiger partial charge in [0.05, 0.1) is 16.2 Å². The summed E-state index contributed by atoms with van der Waals surface area (Å²) < 4.78 is 18.7. The third-order valence-corrected chi connectivity index (χ3v) is 4.02. The molecule has 1 aromatic carbocycles. The van der Waals surface area contributed by atoms with E-state index in [4.69, 9.17) is 27.9 Å². The summed E-state index contributed by atoms with van der Waals surface area (Å²) in [6.45, 7) is 1.26. The molecule has 1 saturated heterocycles. The zero-order valence-corrected chi connectivity index (χ0v) is 13.4. The quantitative estimate of drug-likeness (QED) is 0.910. The number of ether oxygens (including phenoxy) is 1. The number of carbonyl (C=O) groups excluding carboxylic acids is 1. The van der Waals surface area contributed by atoms with Gasteiger partial charge in [-0.25, -0.2) is 14.2 Å². The van der Waals surface area contributed by atoms with Crippen molar-refractivity contribution in [2.75, 3.05) is 18.0 Å². The number of amides is 2. The lowest BCUT2D eigenvalue weighted by Gasteiger charge is -2.14. The van der Waals surface area contributed by atoms with Crippen LogP contribution in [0, 0.1) is 5.82 Å². The van der Waals surface area contributed by atoms with Crippen molar-refractivity contribution in [2.24, 2.45) is 0 Å². The fraction of sp³-hybridized carbons (Fsp3) is 0.200. The number of urea groups is 1. The number of rotatable bonds is 4. The summed E-state index contributed by atoms with van der Waals surface area (Å²) in [6.07, 6.45) is 1.51. The van der Waals surface area contributed by atoms with Crippen LogP contribution in [-0.2, 0) is 6.61 Å². The zero-order chi connectivity index (χ0) is 16.4. The largest absolute Gasteiger partial charge is 0.487 e. The Balaban J connectivity index is 1.68. The highest BCUT2D eigenvalue weighted by Gasteiger charge is 2.22. The number of pyridine rings is 1. The SMILES string of the molecule is O=C1NCCN1c1ccc(OCc2c(Cl)cc(F)cc2Cl)cn1. The first-order chi connectivity index (χ1) is 11.0. The second kappa shape index (κ2) is 6.60. The number of nitrogens with one attached hydrogen (secondary N) is 1. The van der Waals surface area contributed by atoms with Gasteiger partial charge in [-0.2, -0.15) is 0 Å². The smallest absolute Gasteiger partial charge is 0.323 e. The Morgan fingerprint density at radius 1 is 1.30 bits per heavy atom. The highest BCUT2D eigenvalue weighted by Crippen LogP contribution is 2.27. The predicted molar refractivity (Wildman–Crippen MR) is 85.7 cm³/mol. The van der Waals surface area contributed by atoms with Crippen molar-refractivity contribution in [1.82, 2.24) is 10.3 Å². The Morgan fingerprint density at radius 2 is 2.04 bits per heavy atom. The third-order valence-electron chi connectivity index (χ3n) is 3.34. The van der Waals surface area contributed by atoms with Crippen LogP contribution in [0.4, 0.5) is 15.0 Å². The molecule has 2 aromatic rings. The van der Waals surface area contributed by atoms with Gasteiger partial charge in [0.25, 0.3) is 0 Å². The van der Waals surface area contributed by atoms with Gasteiger partial charge in [0.1, 0.15) is 24.0 Å². The van der Waals surface area contributed by atoms with Crippen molar-refractivity contribution >= 4 is 35.1 Å². The monoisotopic (exact) mass is 355 g/mol. The number of halogens is 3. The predicted octanol–water partition coefficient (Wildman–Crippen LogP) is 3.64. The molecule has 2 amide bonds. The van der Waals surface area contributed by atoms with Crippen LogP contribution in [0.15, 0.2) is 30.5 Å². The molecule has 0 aliphatic carbocycles. The summed E-state index contributed by atoms with van der Waals surface area (Å²) in [7, 11) is 0. The number of hydrogen-bond acceptors (Lipinski definition) is 3. The Morgan fingerprint density at radius 3 is 2.61 bits per heavy atom. The molecule has 0 atom stereocenters. The number of nitrogens with zero attached hydrogens (tertiary/aromatic N) is 2. The molecule has 8 heteroatoms. The first-order valence-electron chi connectivity index (χ1n) is 6.82. The Kier molecular flexibility index (Phi) is 4.54. The van der Waals surface area contributed by atoms with E-state index in [1.807, 2.05) is 0 Å². The molecule has 120 valence electrons. The molecular formula is C15H12Cl2FN3O2. The van der Waals surface area contributed by atoms with Crippen molar-refractivity contribution in [3.8, 4) is 5.75 Å². The molecule has 1 aromatic heterocycles. The van der Waals surface area contributed by atoms with E-state index in [1.54, 1.807) is 12.1 Å². The van der Waals surface area contributed by atoms with Gasteiger partial charge in [0.2, 0.25) is 0 Å². The van der Waals surface area contributed by atoms with Gasteiger partial charge in [-0.15, -0.1) is 0 Å². The summed E-state index contributed by atoms with van der Waals surface area (Å²) in [5.41, 5.74) is 0.498. The number of hydrogen-bond donors (Lipinski definition) is 1. The van der Waals surface area contributed by atoms with E-state index >= 15 is 0 Å². The molecule has 5 nitrogen and oxygen atoms in total. The van der Waals surface area contributed by atoms with E-state index in [-0.39, 0.29) is 22.7 Å². The Bertz CT molecular complexity index is 717. The zero-order valence-electron chi connectivity index (χ0n) is 11.9. The van der Waals surface area contributed by atoms with Crippen LogP contribution in [-0.4, -0.2) is 24.1 Å². The van der Waals surface area contributed by atoms with Crippen LogP contribution in [0.1, 0.15) is 5.56 Å². The summed E-state index contributed by atoms with van der Waals surface area (Å²) in [4.78, 5) is 17.3. The fourth-order valence-corrected chi connectivity index (χ4v) is 2.74. The number of carbonyl (C=O) groups is 1. The normalized spacial score (nSPS) is 14.0. The molecule has 0 saturated carbocycles. The molecule has 0 spiro atoms. The van der Waals surface area contributed by atoms with Gasteiger partial charge < -0.3 is 10.1 Å². The molecule has 1 aliphatic heterocycles. The second-order valence-corrected chi connectivity index (χ2v) is 5.69. The van der Waals surface area contributed by atoms with Crippen LogP contribution in [0.2, 0.25) is 10.0 Å². The van der Waals surface area contributed by atoms with Gasteiger partial charge in [-0.05, 0) is 24.3 Å². The van der Waals surface area contributed by atoms with Crippen molar-refractivity contribution in [3.63, 3.8) is 0 Å². The van der Waals surface area contributed by atoms with E-state index in [1.165, 1.54) is 23.2 Å². The number of anilines is 1. The summed E-state index contributed by atoms with van der Waals surface area (Å²) in [5.74, 6) is 0.536. The molecule has 23 heavy (non-hydrogen) atoms. The summed E-state index contributed by atoms with van der Waals surface area (Å²) >= 11 is 11.9. The molecular weight excluding hydrogens is 344 g/mol. The highest BCUT2D eigenvalue weighted by atomic mass is 35.5. The molecule has 0 radical (unpaired) electrons. The van der Waals surface area contributed by atoms with Gasteiger partial charge in [0, 0.05) is 18.7 Å². The maximum absolute atomic E-state index is 13.1. The summed E-state index contributed by atoms with van der Waals surface area (Å²) in [6, 6.07) is 5.57. The molecule has 1 fully saturated rings.